The highest BCUT2D eigenvalue weighted by atomic mass is 16.8. The van der Waals surface area contributed by atoms with Gasteiger partial charge in [-0.2, -0.15) is 0 Å². The minimum Gasteiger partial charge on any atom is -0.459 e. The summed E-state index contributed by atoms with van der Waals surface area (Å²) in [5.41, 5.74) is 1.71. The number of carbonyl (C=O) groups is 3. The Labute approximate surface area is 236 Å². The van der Waals surface area contributed by atoms with Gasteiger partial charge in [0.05, 0.1) is 5.56 Å². The number of aliphatic hydroxyl groups is 1. The fourth-order valence-corrected chi connectivity index (χ4v) is 4.02. The summed E-state index contributed by atoms with van der Waals surface area (Å²) < 4.78 is 37.6. The molecule has 0 aliphatic carbocycles. The Morgan fingerprint density at radius 3 is 1.71 bits per heavy atom. The van der Waals surface area contributed by atoms with E-state index in [4.69, 9.17) is 33.2 Å². The number of esters is 1. The molecule has 1 N–H and O–H groups in total. The number of aliphatic hydroxyl groups excluding tert-OH is 1. The molecule has 0 saturated carbocycles. The fraction of sp³-hybridized carbons (Fsp3) is 0.300. The largest absolute Gasteiger partial charge is 0.509 e. The van der Waals surface area contributed by atoms with Gasteiger partial charge in [0.15, 0.2) is 18.5 Å². The second kappa shape index (κ2) is 14.8. The van der Waals surface area contributed by atoms with Crippen molar-refractivity contribution in [2.24, 2.45) is 0 Å². The van der Waals surface area contributed by atoms with Crippen LogP contribution in [0.4, 0.5) is 9.59 Å². The summed E-state index contributed by atoms with van der Waals surface area (Å²) in [7, 11) is 1.27. The molecule has 3 aromatic rings. The summed E-state index contributed by atoms with van der Waals surface area (Å²) in [6, 6.07) is 26.0. The molecule has 216 valence electrons. The normalized spacial score (nSPS) is 21.8. The molecular weight excluding hydrogens is 536 g/mol. The van der Waals surface area contributed by atoms with Gasteiger partial charge in [-0.15, -0.1) is 0 Å². The number of methoxy groups -OCH3 is 1. The van der Waals surface area contributed by atoms with E-state index in [0.717, 1.165) is 0 Å². The van der Waals surface area contributed by atoms with Crippen molar-refractivity contribution in [2.45, 2.75) is 43.9 Å². The Morgan fingerprint density at radius 2 is 1.20 bits per heavy atom. The second-order valence-corrected chi connectivity index (χ2v) is 8.95. The molecule has 4 rings (SSSR count). The summed E-state index contributed by atoms with van der Waals surface area (Å²) >= 11 is 0. The van der Waals surface area contributed by atoms with Crippen LogP contribution in [0.25, 0.3) is 0 Å². The number of hydrogen-bond acceptors (Lipinski definition) is 11. The van der Waals surface area contributed by atoms with Crippen LogP contribution in [-0.2, 0) is 46.4 Å². The third kappa shape index (κ3) is 8.52. The van der Waals surface area contributed by atoms with Crippen LogP contribution in [0.3, 0.4) is 0 Å². The van der Waals surface area contributed by atoms with Gasteiger partial charge in [-0.25, -0.2) is 14.4 Å². The predicted molar refractivity (Wildman–Crippen MR) is 141 cm³/mol. The zero-order valence-electron chi connectivity index (χ0n) is 22.2. The van der Waals surface area contributed by atoms with Crippen molar-refractivity contribution in [3.05, 3.63) is 108 Å². The van der Waals surface area contributed by atoms with Crippen LogP contribution in [0.15, 0.2) is 91.0 Å². The molecule has 1 heterocycles. The first kappa shape index (κ1) is 29.5. The molecule has 0 unspecified atom stereocenters. The van der Waals surface area contributed by atoms with E-state index in [-0.39, 0.29) is 13.2 Å². The van der Waals surface area contributed by atoms with Gasteiger partial charge >= 0.3 is 18.3 Å². The Morgan fingerprint density at radius 1 is 0.707 bits per heavy atom. The van der Waals surface area contributed by atoms with E-state index in [1.165, 1.54) is 7.11 Å². The smallest absolute Gasteiger partial charge is 0.459 e. The van der Waals surface area contributed by atoms with Crippen LogP contribution in [0.2, 0.25) is 0 Å². The molecule has 0 aromatic heterocycles. The van der Waals surface area contributed by atoms with Crippen molar-refractivity contribution in [2.75, 3.05) is 13.7 Å². The van der Waals surface area contributed by atoms with Crippen LogP contribution in [-0.4, -0.2) is 67.8 Å². The maximum atomic E-state index is 12.6. The van der Waals surface area contributed by atoms with Gasteiger partial charge < -0.3 is 38.3 Å². The van der Waals surface area contributed by atoms with Crippen molar-refractivity contribution in [3.63, 3.8) is 0 Å². The van der Waals surface area contributed by atoms with E-state index in [1.807, 2.05) is 12.1 Å². The molecule has 5 atom stereocenters. The van der Waals surface area contributed by atoms with Crippen LogP contribution >= 0.6 is 0 Å². The van der Waals surface area contributed by atoms with Crippen molar-refractivity contribution in [1.29, 1.82) is 0 Å². The molecule has 0 spiro atoms. The Balaban J connectivity index is 1.45. The third-order valence-corrected chi connectivity index (χ3v) is 6.10. The van der Waals surface area contributed by atoms with Gasteiger partial charge in [-0.05, 0) is 23.3 Å². The summed E-state index contributed by atoms with van der Waals surface area (Å²) in [4.78, 5) is 37.6. The average molecular weight is 567 g/mol. The Hall–Kier alpha value is -4.45. The van der Waals surface area contributed by atoms with Gasteiger partial charge in [0, 0.05) is 7.11 Å². The van der Waals surface area contributed by atoms with E-state index in [1.54, 1.807) is 78.9 Å². The first-order chi connectivity index (χ1) is 19.9. The van der Waals surface area contributed by atoms with Crippen LogP contribution in [0.1, 0.15) is 21.5 Å². The molecule has 0 radical (unpaired) electrons. The van der Waals surface area contributed by atoms with Crippen molar-refractivity contribution >= 4 is 18.3 Å². The van der Waals surface area contributed by atoms with Crippen LogP contribution in [0.5, 0.6) is 0 Å². The highest BCUT2D eigenvalue weighted by Gasteiger charge is 2.51. The third-order valence-electron chi connectivity index (χ3n) is 6.10. The molecule has 11 nitrogen and oxygen atoms in total. The molecule has 1 aliphatic rings. The topological polar surface area (TPSA) is 136 Å². The minimum atomic E-state index is -1.61. The summed E-state index contributed by atoms with van der Waals surface area (Å²) in [5.74, 6) is -0.655. The van der Waals surface area contributed by atoms with E-state index in [0.29, 0.717) is 16.7 Å². The lowest BCUT2D eigenvalue weighted by molar-refractivity contribution is -0.296. The van der Waals surface area contributed by atoms with E-state index >= 15 is 0 Å². The SMILES string of the molecule is CO[C@H]1O[C@H](COC(=O)c2ccccc2)[C@@H](O)[C@H](OC(=O)OCc2ccccc2)[C@H]1OC(=O)OCc1ccccc1. The molecule has 0 bridgehead atoms. The Bertz CT molecular complexity index is 1250. The standard InChI is InChI=1S/C30H30O11/c1-35-28-26(41-30(34)38-18-21-13-7-3-8-14-21)25(40-29(33)37-17-20-11-5-2-6-12-20)24(31)23(39-28)19-36-27(32)22-15-9-4-10-16-22/h2-16,23-26,28,31H,17-19H2,1H3/t23-,24-,25+,26-,28+/m1/s1. The molecule has 1 fully saturated rings. The van der Waals surface area contributed by atoms with Crippen molar-refractivity contribution < 1.29 is 52.6 Å². The quantitative estimate of drug-likeness (QED) is 0.281. The molecule has 1 saturated heterocycles. The van der Waals surface area contributed by atoms with Gasteiger partial charge in [0.1, 0.15) is 32.0 Å². The van der Waals surface area contributed by atoms with E-state index < -0.39 is 55.6 Å². The second-order valence-electron chi connectivity index (χ2n) is 8.95. The summed E-state index contributed by atoms with van der Waals surface area (Å²) in [6.07, 6.45) is -9.38. The number of rotatable bonds is 10. The average Bonchev–Trinajstić information content (AvgIpc) is 3.01. The molecule has 11 heteroatoms. The predicted octanol–water partition coefficient (Wildman–Crippen LogP) is 4.02. The maximum Gasteiger partial charge on any atom is 0.509 e. The minimum absolute atomic E-state index is 0.0871. The van der Waals surface area contributed by atoms with Crippen LogP contribution in [0, 0.1) is 0 Å². The van der Waals surface area contributed by atoms with Gasteiger partial charge in [-0.3, -0.25) is 0 Å². The number of benzene rings is 3. The zero-order valence-corrected chi connectivity index (χ0v) is 22.2. The lowest BCUT2D eigenvalue weighted by Crippen LogP contribution is -2.61. The fourth-order valence-electron chi connectivity index (χ4n) is 4.02. The first-order valence-electron chi connectivity index (χ1n) is 12.8. The van der Waals surface area contributed by atoms with Gasteiger partial charge in [-0.1, -0.05) is 78.9 Å². The lowest BCUT2D eigenvalue weighted by atomic mass is 9.99. The maximum absolute atomic E-state index is 12.6. The zero-order chi connectivity index (χ0) is 29.0. The summed E-state index contributed by atoms with van der Waals surface area (Å²) in [6.45, 7) is -0.607. The molecular formula is C30H30O11. The van der Waals surface area contributed by atoms with Gasteiger partial charge in [0.25, 0.3) is 0 Å². The Kier molecular flexibility index (Phi) is 10.7. The number of hydrogen-bond donors (Lipinski definition) is 1. The highest BCUT2D eigenvalue weighted by Crippen LogP contribution is 2.28. The van der Waals surface area contributed by atoms with E-state index in [2.05, 4.69) is 0 Å². The molecule has 41 heavy (non-hydrogen) atoms. The first-order valence-corrected chi connectivity index (χ1v) is 12.8. The monoisotopic (exact) mass is 566 g/mol. The highest BCUT2D eigenvalue weighted by molar-refractivity contribution is 5.89. The number of carbonyl (C=O) groups excluding carboxylic acids is 3. The summed E-state index contributed by atoms with van der Waals surface area (Å²) in [5, 5.41) is 11.1. The molecule has 0 amide bonds. The van der Waals surface area contributed by atoms with Crippen molar-refractivity contribution in [1.82, 2.24) is 0 Å². The number of ether oxygens (including phenoxy) is 7. The van der Waals surface area contributed by atoms with Gasteiger partial charge in [0.2, 0.25) is 0 Å². The molecule has 1 aliphatic heterocycles. The van der Waals surface area contributed by atoms with Crippen molar-refractivity contribution in [3.8, 4) is 0 Å². The lowest BCUT2D eigenvalue weighted by Gasteiger charge is -2.42. The molecule has 3 aromatic carbocycles. The van der Waals surface area contributed by atoms with E-state index in [9.17, 15) is 19.5 Å². The van der Waals surface area contributed by atoms with Crippen LogP contribution < -0.4 is 0 Å².